The molecule has 1 heterocycles. The van der Waals surface area contributed by atoms with E-state index in [1.165, 1.54) is 31.2 Å². The van der Waals surface area contributed by atoms with Crippen molar-refractivity contribution in [1.82, 2.24) is 0 Å². The van der Waals surface area contributed by atoms with Crippen LogP contribution in [-0.4, -0.2) is 23.1 Å². The van der Waals surface area contributed by atoms with E-state index >= 15 is 0 Å². The van der Waals surface area contributed by atoms with Crippen LogP contribution in [-0.2, 0) is 6.42 Å². The summed E-state index contributed by atoms with van der Waals surface area (Å²) in [6.07, 6.45) is 6.34. The number of hydrogen-bond donors (Lipinski definition) is 0. The topological polar surface area (TPSA) is 0 Å². The standard InChI is InChI=1S/C10H14BrClS.Mg.2H/c1-2-3-4-5-6-8-7-9(11)13-10(8)12;;;/h7H,2-6H2,1H3;;;. The van der Waals surface area contributed by atoms with Gasteiger partial charge in [-0.2, -0.15) is 0 Å². The predicted octanol–water partition coefficient (Wildman–Crippen LogP) is 4.37. The van der Waals surface area contributed by atoms with Crippen molar-refractivity contribution in [3.63, 3.8) is 0 Å². The third-order valence-corrected chi connectivity index (χ3v) is 3.97. The van der Waals surface area contributed by atoms with E-state index in [9.17, 15) is 0 Å². The Morgan fingerprint density at radius 1 is 1.36 bits per heavy atom. The van der Waals surface area contributed by atoms with Crippen LogP contribution < -0.4 is 0 Å². The van der Waals surface area contributed by atoms with Crippen LogP contribution in [0.2, 0.25) is 4.34 Å². The number of unbranched alkanes of at least 4 members (excludes halogenated alkanes) is 3. The number of hydrogen-bond acceptors (Lipinski definition) is 1. The summed E-state index contributed by atoms with van der Waals surface area (Å²) in [6.45, 7) is 2.23. The van der Waals surface area contributed by atoms with Gasteiger partial charge in [-0.15, -0.1) is 11.3 Å². The number of halogens is 2. The fourth-order valence-electron chi connectivity index (χ4n) is 1.29. The molecule has 0 saturated carbocycles. The minimum absolute atomic E-state index is 0. The molecular weight excluding hydrogens is 292 g/mol. The van der Waals surface area contributed by atoms with E-state index in [-0.39, 0.29) is 23.1 Å². The fourth-order valence-corrected chi connectivity index (χ4v) is 3.39. The molecule has 0 aliphatic heterocycles. The maximum atomic E-state index is 6.05. The van der Waals surface area contributed by atoms with Crippen molar-refractivity contribution in [3.05, 3.63) is 19.8 Å². The van der Waals surface area contributed by atoms with Crippen LogP contribution in [0.15, 0.2) is 9.85 Å². The first-order valence-electron chi connectivity index (χ1n) is 4.67. The van der Waals surface area contributed by atoms with Gasteiger partial charge in [-0.1, -0.05) is 37.8 Å². The summed E-state index contributed by atoms with van der Waals surface area (Å²) in [7, 11) is 0. The minimum atomic E-state index is 0. The molecule has 1 rings (SSSR count). The van der Waals surface area contributed by atoms with E-state index in [0.717, 1.165) is 14.5 Å². The van der Waals surface area contributed by atoms with Crippen molar-refractivity contribution < 1.29 is 0 Å². The molecule has 0 N–H and O–H groups in total. The van der Waals surface area contributed by atoms with Gasteiger partial charge in [0, 0.05) is 0 Å². The average molecular weight is 308 g/mol. The highest BCUT2D eigenvalue weighted by Crippen LogP contribution is 2.32. The lowest BCUT2D eigenvalue weighted by Crippen LogP contribution is -1.83. The Bertz CT molecular complexity index is 263. The molecule has 0 bridgehead atoms. The lowest BCUT2D eigenvalue weighted by Gasteiger charge is -1.97. The van der Waals surface area contributed by atoms with Gasteiger partial charge < -0.3 is 0 Å². The van der Waals surface area contributed by atoms with Crippen LogP contribution in [0.5, 0.6) is 0 Å². The van der Waals surface area contributed by atoms with Crippen LogP contribution in [0, 0.1) is 0 Å². The second-order valence-electron chi connectivity index (χ2n) is 3.16. The third kappa shape index (κ3) is 5.36. The average Bonchev–Trinajstić information content (AvgIpc) is 2.39. The first kappa shape index (κ1) is 15.2. The Morgan fingerprint density at radius 2 is 2.07 bits per heavy atom. The second-order valence-corrected chi connectivity index (χ2v) is 6.19. The minimum Gasteiger partial charge on any atom is -0.116 e. The summed E-state index contributed by atoms with van der Waals surface area (Å²) in [5.41, 5.74) is 1.30. The summed E-state index contributed by atoms with van der Waals surface area (Å²) >= 11 is 11.1. The van der Waals surface area contributed by atoms with E-state index < -0.39 is 0 Å². The molecule has 0 aliphatic rings. The van der Waals surface area contributed by atoms with Crippen LogP contribution in [0.25, 0.3) is 0 Å². The molecule has 0 unspecified atom stereocenters. The van der Waals surface area contributed by atoms with E-state index in [1.54, 1.807) is 11.3 Å². The molecule has 1 aromatic heterocycles. The Labute approximate surface area is 120 Å². The molecule has 0 aromatic carbocycles. The van der Waals surface area contributed by atoms with Crippen molar-refractivity contribution in [1.29, 1.82) is 0 Å². The molecule has 0 fully saturated rings. The third-order valence-electron chi connectivity index (χ3n) is 2.03. The lowest BCUT2D eigenvalue weighted by atomic mass is 10.1. The fraction of sp³-hybridized carbons (Fsp3) is 0.600. The van der Waals surface area contributed by atoms with E-state index in [2.05, 4.69) is 28.9 Å². The van der Waals surface area contributed by atoms with Crippen LogP contribution in [0.3, 0.4) is 0 Å². The zero-order valence-corrected chi connectivity index (χ0v) is 10.9. The van der Waals surface area contributed by atoms with Gasteiger partial charge in [0.25, 0.3) is 0 Å². The maximum Gasteiger partial charge on any atom is 0.316 e. The van der Waals surface area contributed by atoms with Crippen molar-refractivity contribution in [2.45, 2.75) is 39.0 Å². The molecule has 1 aromatic rings. The van der Waals surface area contributed by atoms with E-state index in [0.29, 0.717) is 0 Å². The van der Waals surface area contributed by atoms with Gasteiger partial charge in [-0.25, -0.2) is 0 Å². The molecule has 78 valence electrons. The molecule has 4 heteroatoms. The van der Waals surface area contributed by atoms with Gasteiger partial charge in [-0.05, 0) is 40.4 Å². The number of aryl methyl sites for hydroxylation is 1. The van der Waals surface area contributed by atoms with Gasteiger partial charge >= 0.3 is 23.1 Å². The molecule has 0 saturated heterocycles. The van der Waals surface area contributed by atoms with Gasteiger partial charge in [0.15, 0.2) is 0 Å². The SMILES string of the molecule is CCCCCCc1cc(Br)sc1Cl.[MgH2]. The second kappa shape index (κ2) is 8.40. The molecule has 14 heavy (non-hydrogen) atoms. The quantitative estimate of drug-likeness (QED) is 0.560. The maximum absolute atomic E-state index is 6.05. The Hall–Kier alpha value is 1.24. The summed E-state index contributed by atoms with van der Waals surface area (Å²) in [5, 5.41) is 0. The van der Waals surface area contributed by atoms with Gasteiger partial charge in [-0.3, -0.25) is 0 Å². The van der Waals surface area contributed by atoms with Crippen molar-refractivity contribution in [2.24, 2.45) is 0 Å². The Kier molecular flexibility index (Phi) is 9.14. The first-order valence-corrected chi connectivity index (χ1v) is 6.66. The summed E-state index contributed by atoms with van der Waals surface area (Å²) < 4.78 is 2.09. The molecular formula is C10H16BrClMgS. The molecule has 0 atom stereocenters. The summed E-state index contributed by atoms with van der Waals surface area (Å²) in [6, 6.07) is 2.14. The highest BCUT2D eigenvalue weighted by Gasteiger charge is 2.04. The van der Waals surface area contributed by atoms with Crippen LogP contribution in [0.1, 0.15) is 38.2 Å². The number of thiophene rings is 1. The smallest absolute Gasteiger partial charge is 0.116 e. The molecule has 0 radical (unpaired) electrons. The van der Waals surface area contributed by atoms with Crippen molar-refractivity contribution >= 4 is 61.9 Å². The monoisotopic (exact) mass is 306 g/mol. The highest BCUT2D eigenvalue weighted by atomic mass is 79.9. The largest absolute Gasteiger partial charge is 0.316 e. The Balaban J connectivity index is 0.00000169. The zero-order valence-electron chi connectivity index (χ0n) is 7.78. The first-order chi connectivity index (χ1) is 6.24. The van der Waals surface area contributed by atoms with Crippen LogP contribution >= 0.6 is 38.9 Å². The Morgan fingerprint density at radius 3 is 2.57 bits per heavy atom. The van der Waals surface area contributed by atoms with Crippen molar-refractivity contribution in [3.8, 4) is 0 Å². The van der Waals surface area contributed by atoms with E-state index in [4.69, 9.17) is 11.6 Å². The lowest BCUT2D eigenvalue weighted by molar-refractivity contribution is 0.667. The van der Waals surface area contributed by atoms with Gasteiger partial charge in [0.1, 0.15) is 0 Å². The number of rotatable bonds is 5. The summed E-state index contributed by atoms with van der Waals surface area (Å²) in [4.78, 5) is 0. The van der Waals surface area contributed by atoms with Crippen molar-refractivity contribution in [2.75, 3.05) is 0 Å². The predicted molar refractivity (Wildman–Crippen MR) is 73.4 cm³/mol. The van der Waals surface area contributed by atoms with E-state index in [1.807, 2.05) is 0 Å². The van der Waals surface area contributed by atoms with Gasteiger partial charge in [0.2, 0.25) is 0 Å². The zero-order chi connectivity index (χ0) is 9.68. The summed E-state index contributed by atoms with van der Waals surface area (Å²) in [5.74, 6) is 0. The highest BCUT2D eigenvalue weighted by molar-refractivity contribution is 9.11. The molecule has 0 amide bonds. The van der Waals surface area contributed by atoms with Gasteiger partial charge in [0.05, 0.1) is 8.12 Å². The molecule has 0 nitrogen and oxygen atoms in total. The molecule has 0 aliphatic carbocycles. The normalized spacial score (nSPS) is 9.93. The molecule has 0 spiro atoms. The van der Waals surface area contributed by atoms with Crippen LogP contribution in [0.4, 0.5) is 0 Å².